The summed E-state index contributed by atoms with van der Waals surface area (Å²) in [6.45, 7) is 2.30. The minimum Gasteiger partial charge on any atom is -0.493 e. The number of ketones is 1. The Kier molecular flexibility index (Phi) is 4.88. The highest BCUT2D eigenvalue weighted by molar-refractivity contribution is 5.81. The first-order valence-electron chi connectivity index (χ1n) is 6.60. The van der Waals surface area contributed by atoms with Gasteiger partial charge in [-0.2, -0.15) is 0 Å². The van der Waals surface area contributed by atoms with Gasteiger partial charge >= 0.3 is 0 Å². The Bertz CT molecular complexity index is 593. The second-order valence-electron chi connectivity index (χ2n) is 4.72. The van der Waals surface area contributed by atoms with Gasteiger partial charge in [0.15, 0.2) is 0 Å². The molecule has 2 nitrogen and oxygen atoms in total. The molecule has 0 amide bonds. The first kappa shape index (κ1) is 14.3. The third kappa shape index (κ3) is 4.19. The predicted molar refractivity (Wildman–Crippen MR) is 76.4 cm³/mol. The Hall–Kier alpha value is -2.16. The molecule has 0 spiro atoms. The smallest absolute Gasteiger partial charge is 0.140 e. The minimum atomic E-state index is -0.333. The van der Waals surface area contributed by atoms with Gasteiger partial charge in [-0.05, 0) is 36.2 Å². The first-order chi connectivity index (χ1) is 9.65. The summed E-state index contributed by atoms with van der Waals surface area (Å²) in [5.41, 5.74) is 1.55. The lowest BCUT2D eigenvalue weighted by Crippen LogP contribution is -2.09. The first-order valence-corrected chi connectivity index (χ1v) is 6.60. The SMILES string of the molecule is Cc1cccc(OCCC(=O)Cc2ccccc2F)c1. The molecule has 0 atom stereocenters. The molecule has 0 bridgehead atoms. The van der Waals surface area contributed by atoms with Crippen LogP contribution in [-0.2, 0) is 11.2 Å². The number of Topliss-reactive ketones (excluding diaryl/α,β-unsaturated/α-hetero) is 1. The molecule has 2 aromatic rings. The summed E-state index contributed by atoms with van der Waals surface area (Å²) in [6, 6.07) is 14.0. The van der Waals surface area contributed by atoms with Gasteiger partial charge in [0.25, 0.3) is 0 Å². The van der Waals surface area contributed by atoms with Crippen LogP contribution >= 0.6 is 0 Å². The molecule has 0 unspecified atom stereocenters. The average molecular weight is 272 g/mol. The highest BCUT2D eigenvalue weighted by Crippen LogP contribution is 2.13. The lowest BCUT2D eigenvalue weighted by Gasteiger charge is -2.06. The van der Waals surface area contributed by atoms with E-state index in [2.05, 4.69) is 0 Å². The van der Waals surface area contributed by atoms with Crippen molar-refractivity contribution in [1.29, 1.82) is 0 Å². The number of ether oxygens (including phenoxy) is 1. The van der Waals surface area contributed by atoms with Crippen molar-refractivity contribution < 1.29 is 13.9 Å². The Morgan fingerprint density at radius 1 is 1.15 bits per heavy atom. The van der Waals surface area contributed by atoms with E-state index in [9.17, 15) is 9.18 Å². The highest BCUT2D eigenvalue weighted by Gasteiger charge is 2.08. The zero-order valence-corrected chi connectivity index (χ0v) is 11.4. The van der Waals surface area contributed by atoms with Crippen molar-refractivity contribution in [2.45, 2.75) is 19.8 Å². The number of halogens is 1. The summed E-state index contributed by atoms with van der Waals surface area (Å²) in [5.74, 6) is 0.395. The van der Waals surface area contributed by atoms with Gasteiger partial charge in [0.2, 0.25) is 0 Å². The van der Waals surface area contributed by atoms with Crippen molar-refractivity contribution in [2.75, 3.05) is 6.61 Å². The summed E-state index contributed by atoms with van der Waals surface area (Å²) in [7, 11) is 0. The largest absolute Gasteiger partial charge is 0.493 e. The highest BCUT2D eigenvalue weighted by atomic mass is 19.1. The fourth-order valence-corrected chi connectivity index (χ4v) is 1.93. The van der Waals surface area contributed by atoms with Crippen molar-refractivity contribution >= 4 is 5.78 Å². The normalized spacial score (nSPS) is 10.3. The van der Waals surface area contributed by atoms with E-state index in [1.165, 1.54) is 6.07 Å². The van der Waals surface area contributed by atoms with E-state index < -0.39 is 0 Å². The second kappa shape index (κ2) is 6.85. The third-order valence-electron chi connectivity index (χ3n) is 2.98. The summed E-state index contributed by atoms with van der Waals surface area (Å²) in [4.78, 5) is 11.8. The molecule has 104 valence electrons. The lowest BCUT2D eigenvalue weighted by atomic mass is 10.1. The van der Waals surface area contributed by atoms with E-state index in [0.29, 0.717) is 12.2 Å². The Morgan fingerprint density at radius 3 is 2.70 bits per heavy atom. The van der Waals surface area contributed by atoms with Crippen LogP contribution < -0.4 is 4.74 Å². The molecular formula is C17H17FO2. The Labute approximate surface area is 118 Å². The van der Waals surface area contributed by atoms with Crippen LogP contribution in [-0.4, -0.2) is 12.4 Å². The molecule has 0 aliphatic rings. The molecule has 0 fully saturated rings. The van der Waals surface area contributed by atoms with Crippen LogP contribution in [0, 0.1) is 12.7 Å². The van der Waals surface area contributed by atoms with Crippen LogP contribution in [0.1, 0.15) is 17.5 Å². The van der Waals surface area contributed by atoms with E-state index in [1.807, 2.05) is 31.2 Å². The van der Waals surface area contributed by atoms with Crippen LogP contribution in [0.15, 0.2) is 48.5 Å². The molecule has 0 radical (unpaired) electrons. The van der Waals surface area contributed by atoms with Gasteiger partial charge < -0.3 is 4.74 Å². The van der Waals surface area contributed by atoms with Gasteiger partial charge in [0.1, 0.15) is 17.3 Å². The molecule has 3 heteroatoms. The van der Waals surface area contributed by atoms with Crippen LogP contribution in [0.2, 0.25) is 0 Å². The molecule has 0 saturated carbocycles. The Morgan fingerprint density at radius 2 is 1.95 bits per heavy atom. The fraction of sp³-hybridized carbons (Fsp3) is 0.235. The average Bonchev–Trinajstić information content (AvgIpc) is 2.41. The van der Waals surface area contributed by atoms with Gasteiger partial charge in [-0.15, -0.1) is 0 Å². The third-order valence-corrected chi connectivity index (χ3v) is 2.98. The van der Waals surface area contributed by atoms with Crippen molar-refractivity contribution in [3.8, 4) is 5.75 Å². The second-order valence-corrected chi connectivity index (χ2v) is 4.72. The number of carbonyl (C=O) groups excluding carboxylic acids is 1. The zero-order chi connectivity index (χ0) is 14.4. The van der Waals surface area contributed by atoms with E-state index in [0.717, 1.165) is 11.3 Å². The summed E-state index contributed by atoms with van der Waals surface area (Å²) >= 11 is 0. The van der Waals surface area contributed by atoms with Gasteiger partial charge in [-0.1, -0.05) is 30.3 Å². The summed E-state index contributed by atoms with van der Waals surface area (Å²) < 4.78 is 18.9. The molecule has 2 aromatic carbocycles. The summed E-state index contributed by atoms with van der Waals surface area (Å²) in [5, 5.41) is 0. The molecule has 0 saturated heterocycles. The lowest BCUT2D eigenvalue weighted by molar-refractivity contribution is -0.118. The fourth-order valence-electron chi connectivity index (χ4n) is 1.93. The van der Waals surface area contributed by atoms with Crippen LogP contribution in [0.4, 0.5) is 4.39 Å². The number of hydrogen-bond donors (Lipinski definition) is 0. The minimum absolute atomic E-state index is 0.0252. The van der Waals surface area contributed by atoms with Crippen LogP contribution in [0.25, 0.3) is 0 Å². The maximum atomic E-state index is 13.4. The maximum absolute atomic E-state index is 13.4. The molecular weight excluding hydrogens is 255 g/mol. The topological polar surface area (TPSA) is 26.3 Å². The van der Waals surface area contributed by atoms with Crippen LogP contribution in [0.5, 0.6) is 5.75 Å². The molecule has 0 aliphatic heterocycles. The van der Waals surface area contributed by atoms with Crippen molar-refractivity contribution in [3.05, 3.63) is 65.5 Å². The van der Waals surface area contributed by atoms with Crippen molar-refractivity contribution in [1.82, 2.24) is 0 Å². The van der Waals surface area contributed by atoms with E-state index in [-0.39, 0.29) is 24.4 Å². The number of benzene rings is 2. The van der Waals surface area contributed by atoms with Gasteiger partial charge in [-0.25, -0.2) is 4.39 Å². The van der Waals surface area contributed by atoms with E-state index in [4.69, 9.17) is 4.74 Å². The van der Waals surface area contributed by atoms with Gasteiger partial charge in [0.05, 0.1) is 6.61 Å². The van der Waals surface area contributed by atoms with Gasteiger partial charge in [0, 0.05) is 12.8 Å². The zero-order valence-electron chi connectivity index (χ0n) is 11.4. The van der Waals surface area contributed by atoms with Crippen molar-refractivity contribution in [2.24, 2.45) is 0 Å². The Balaban J connectivity index is 1.80. The van der Waals surface area contributed by atoms with Crippen LogP contribution in [0.3, 0.4) is 0 Å². The molecule has 0 heterocycles. The molecule has 2 rings (SSSR count). The number of hydrogen-bond acceptors (Lipinski definition) is 2. The molecule has 0 N–H and O–H groups in total. The van der Waals surface area contributed by atoms with E-state index in [1.54, 1.807) is 18.2 Å². The number of aryl methyl sites for hydroxylation is 1. The van der Waals surface area contributed by atoms with E-state index >= 15 is 0 Å². The predicted octanol–water partition coefficient (Wildman–Crippen LogP) is 3.71. The molecule has 0 aliphatic carbocycles. The maximum Gasteiger partial charge on any atom is 0.140 e. The quantitative estimate of drug-likeness (QED) is 0.801. The van der Waals surface area contributed by atoms with Gasteiger partial charge in [-0.3, -0.25) is 4.79 Å². The number of carbonyl (C=O) groups is 1. The summed E-state index contributed by atoms with van der Waals surface area (Å²) in [6.07, 6.45) is 0.395. The van der Waals surface area contributed by atoms with Crippen molar-refractivity contribution in [3.63, 3.8) is 0 Å². The number of rotatable bonds is 6. The molecule has 20 heavy (non-hydrogen) atoms. The standard InChI is InChI=1S/C17H17FO2/c1-13-5-4-7-16(11-13)20-10-9-15(19)12-14-6-2-3-8-17(14)18/h2-8,11H,9-10,12H2,1H3. The molecule has 0 aromatic heterocycles. The monoisotopic (exact) mass is 272 g/mol.